The van der Waals surface area contributed by atoms with Gasteiger partial charge in [0.15, 0.2) is 5.60 Å². The van der Waals surface area contributed by atoms with Crippen molar-refractivity contribution in [1.29, 1.82) is 0 Å². The molecule has 6 heteroatoms. The van der Waals surface area contributed by atoms with Crippen LogP contribution < -0.4 is 0 Å². The Kier molecular flexibility index (Phi) is 3.61. The molecule has 0 aromatic heterocycles. The summed E-state index contributed by atoms with van der Waals surface area (Å²) in [7, 11) is 0. The highest BCUT2D eigenvalue weighted by Crippen LogP contribution is 2.57. The van der Waals surface area contributed by atoms with E-state index in [9.17, 15) is 8.78 Å². The summed E-state index contributed by atoms with van der Waals surface area (Å²) >= 11 is 12.3. The van der Waals surface area contributed by atoms with E-state index in [1.54, 1.807) is 13.0 Å². The molecule has 2 rings (SSSR count). The lowest BCUT2D eigenvalue weighted by atomic mass is 10.0. The Morgan fingerprint density at radius 2 is 2.12 bits per heavy atom. The van der Waals surface area contributed by atoms with Crippen molar-refractivity contribution in [2.75, 3.05) is 12.4 Å². The molecule has 1 aliphatic rings. The van der Waals surface area contributed by atoms with E-state index >= 15 is 0 Å². The molecule has 0 radical (unpaired) electrons. The molecule has 0 aliphatic carbocycles. The second-order valence-electron chi connectivity index (χ2n) is 3.69. The number of hydrogen-bond donors (Lipinski definition) is 0. The second kappa shape index (κ2) is 4.57. The molecule has 17 heavy (non-hydrogen) atoms. The third-order valence-electron chi connectivity index (χ3n) is 2.59. The quantitative estimate of drug-likeness (QED) is 0.755. The maximum absolute atomic E-state index is 14.0. The number of alkyl halides is 2. The van der Waals surface area contributed by atoms with Crippen LogP contribution in [0.5, 0.6) is 0 Å². The molecule has 1 aromatic carbocycles. The largest absolute Gasteiger partial charge is 0.357 e. The number of thioether (sulfide) groups is 1. The molecule has 1 nitrogen and oxygen atoms in total. The van der Waals surface area contributed by atoms with Crippen LogP contribution in [0.25, 0.3) is 0 Å². The van der Waals surface area contributed by atoms with Gasteiger partial charge in [0.1, 0.15) is 0 Å². The van der Waals surface area contributed by atoms with Crippen LogP contribution in [0.15, 0.2) is 18.2 Å². The number of hydrogen-bond acceptors (Lipinski definition) is 2. The summed E-state index contributed by atoms with van der Waals surface area (Å²) in [4.78, 5) is 0. The van der Waals surface area contributed by atoms with E-state index in [2.05, 4.69) is 0 Å². The highest BCUT2D eigenvalue weighted by molar-refractivity contribution is 8.00. The molecule has 1 aliphatic heterocycles. The minimum atomic E-state index is -2.99. The van der Waals surface area contributed by atoms with E-state index in [0.29, 0.717) is 28.1 Å². The second-order valence-corrected chi connectivity index (χ2v) is 5.91. The lowest BCUT2D eigenvalue weighted by molar-refractivity contribution is 0.00970. The Balaban J connectivity index is 2.39. The zero-order valence-corrected chi connectivity index (χ0v) is 11.3. The van der Waals surface area contributed by atoms with Gasteiger partial charge >= 0.3 is 5.25 Å². The first kappa shape index (κ1) is 13.4. The molecule has 0 spiro atoms. The number of halogens is 4. The van der Waals surface area contributed by atoms with Gasteiger partial charge in [0.2, 0.25) is 0 Å². The summed E-state index contributed by atoms with van der Waals surface area (Å²) in [6, 6.07) is 4.50. The fourth-order valence-electron chi connectivity index (χ4n) is 1.67. The topological polar surface area (TPSA) is 12.5 Å². The predicted molar refractivity (Wildman–Crippen MR) is 67.2 cm³/mol. The summed E-state index contributed by atoms with van der Waals surface area (Å²) < 4.78 is 33.0. The van der Waals surface area contributed by atoms with Crippen molar-refractivity contribution in [3.63, 3.8) is 0 Å². The monoisotopic (exact) mass is 298 g/mol. The fourth-order valence-corrected chi connectivity index (χ4v) is 3.05. The van der Waals surface area contributed by atoms with Crippen LogP contribution in [0, 0.1) is 0 Å². The van der Waals surface area contributed by atoms with Gasteiger partial charge in [-0.3, -0.25) is 0 Å². The molecule has 1 heterocycles. The zero-order valence-electron chi connectivity index (χ0n) is 8.97. The first-order valence-corrected chi connectivity index (χ1v) is 6.78. The van der Waals surface area contributed by atoms with Crippen LogP contribution >= 0.6 is 35.0 Å². The molecule has 0 amide bonds. The predicted octanol–water partition coefficient (Wildman–Crippen LogP) is 4.56. The van der Waals surface area contributed by atoms with Crippen molar-refractivity contribution in [2.45, 2.75) is 17.8 Å². The van der Waals surface area contributed by atoms with Crippen molar-refractivity contribution >= 4 is 35.0 Å². The van der Waals surface area contributed by atoms with Crippen molar-refractivity contribution in [2.24, 2.45) is 0 Å². The molecule has 1 aromatic rings. The lowest BCUT2D eigenvalue weighted by Gasteiger charge is -2.23. The van der Waals surface area contributed by atoms with Crippen LogP contribution in [0.3, 0.4) is 0 Å². The minimum absolute atomic E-state index is 0.0195. The van der Waals surface area contributed by atoms with Gasteiger partial charge in [-0.25, -0.2) is 0 Å². The van der Waals surface area contributed by atoms with E-state index in [1.165, 1.54) is 12.1 Å². The number of epoxide rings is 1. The fraction of sp³-hybridized carbons (Fsp3) is 0.455. The van der Waals surface area contributed by atoms with Crippen LogP contribution in [0.4, 0.5) is 8.78 Å². The maximum atomic E-state index is 14.0. The Hall–Kier alpha value is -0.0300. The van der Waals surface area contributed by atoms with Crippen LogP contribution in [-0.4, -0.2) is 17.6 Å². The van der Waals surface area contributed by atoms with Crippen molar-refractivity contribution in [3.05, 3.63) is 33.8 Å². The standard InChI is InChI=1S/C11H10Cl2F2OS/c1-2-17-11(14,15)10(6-16-10)8-4-3-7(12)5-9(8)13/h3-5H,2,6H2,1H3. The van der Waals surface area contributed by atoms with Crippen LogP contribution in [0.2, 0.25) is 10.0 Å². The Bertz CT molecular complexity index is 435. The van der Waals surface area contributed by atoms with E-state index in [0.717, 1.165) is 0 Å². The molecule has 0 bridgehead atoms. The molecule has 94 valence electrons. The maximum Gasteiger partial charge on any atom is 0.328 e. The van der Waals surface area contributed by atoms with Crippen molar-refractivity contribution in [3.8, 4) is 0 Å². The molecular formula is C11H10Cl2F2OS. The van der Waals surface area contributed by atoms with E-state index < -0.39 is 10.9 Å². The van der Waals surface area contributed by atoms with E-state index in [1.807, 2.05) is 0 Å². The van der Waals surface area contributed by atoms with Gasteiger partial charge in [-0.05, 0) is 17.9 Å². The summed E-state index contributed by atoms with van der Waals surface area (Å²) in [5.74, 6) is 0.309. The smallest absolute Gasteiger partial charge is 0.328 e. The summed E-state index contributed by atoms with van der Waals surface area (Å²) in [6.07, 6.45) is 0. The SMILES string of the molecule is CCSC(F)(F)C1(c2ccc(Cl)cc2Cl)CO1. The first-order chi connectivity index (χ1) is 7.93. The molecule has 1 fully saturated rings. The normalized spacial score (nSPS) is 23.8. The number of ether oxygens (including phenoxy) is 1. The Morgan fingerprint density at radius 3 is 2.59 bits per heavy atom. The highest BCUT2D eigenvalue weighted by atomic mass is 35.5. The van der Waals surface area contributed by atoms with Gasteiger partial charge in [0, 0.05) is 15.6 Å². The van der Waals surface area contributed by atoms with Gasteiger partial charge < -0.3 is 4.74 Å². The molecule has 0 saturated carbocycles. The van der Waals surface area contributed by atoms with Crippen LogP contribution in [0.1, 0.15) is 12.5 Å². The molecular weight excluding hydrogens is 289 g/mol. The molecule has 0 N–H and O–H groups in total. The van der Waals surface area contributed by atoms with E-state index in [-0.39, 0.29) is 11.6 Å². The Labute approximate surface area is 112 Å². The van der Waals surface area contributed by atoms with Gasteiger partial charge in [0.05, 0.1) is 6.61 Å². The summed E-state index contributed by atoms with van der Waals surface area (Å²) in [6.45, 7) is 1.66. The average Bonchev–Trinajstić information content (AvgIpc) is 2.98. The third kappa shape index (κ3) is 2.28. The van der Waals surface area contributed by atoms with Gasteiger partial charge in [-0.2, -0.15) is 8.78 Å². The summed E-state index contributed by atoms with van der Waals surface area (Å²) in [5.41, 5.74) is -1.29. The minimum Gasteiger partial charge on any atom is -0.357 e. The average molecular weight is 299 g/mol. The molecule has 1 atom stereocenters. The number of rotatable bonds is 4. The third-order valence-corrected chi connectivity index (χ3v) is 4.12. The molecule has 1 saturated heterocycles. The first-order valence-electron chi connectivity index (χ1n) is 5.04. The lowest BCUT2D eigenvalue weighted by Crippen LogP contribution is -2.32. The Morgan fingerprint density at radius 1 is 1.47 bits per heavy atom. The molecule has 1 unspecified atom stereocenters. The summed E-state index contributed by atoms with van der Waals surface area (Å²) in [5, 5.41) is -2.36. The van der Waals surface area contributed by atoms with E-state index in [4.69, 9.17) is 27.9 Å². The number of benzene rings is 1. The van der Waals surface area contributed by atoms with Crippen molar-refractivity contribution < 1.29 is 13.5 Å². The van der Waals surface area contributed by atoms with Gasteiger partial charge in [0.25, 0.3) is 0 Å². The van der Waals surface area contributed by atoms with Crippen LogP contribution in [-0.2, 0) is 10.3 Å². The van der Waals surface area contributed by atoms with Gasteiger partial charge in [-0.1, -0.05) is 48.0 Å². The van der Waals surface area contributed by atoms with Crippen molar-refractivity contribution in [1.82, 2.24) is 0 Å². The highest BCUT2D eigenvalue weighted by Gasteiger charge is 2.66. The zero-order chi connectivity index (χ0) is 12.7. The van der Waals surface area contributed by atoms with Gasteiger partial charge in [-0.15, -0.1) is 0 Å².